The predicted molar refractivity (Wildman–Crippen MR) is 97.7 cm³/mol. The first-order valence-electron chi connectivity index (χ1n) is 8.66. The number of pyridine rings is 1. The highest BCUT2D eigenvalue weighted by Gasteiger charge is 2.33. The average Bonchev–Trinajstić information content (AvgIpc) is 2.58. The van der Waals surface area contributed by atoms with Crippen molar-refractivity contribution in [1.29, 1.82) is 0 Å². The van der Waals surface area contributed by atoms with Crippen LogP contribution in [0.2, 0.25) is 0 Å². The number of aromatic amines is 1. The third kappa shape index (κ3) is 3.71. The molecule has 0 fully saturated rings. The highest BCUT2D eigenvalue weighted by molar-refractivity contribution is 6.02. The summed E-state index contributed by atoms with van der Waals surface area (Å²) in [7, 11) is 0. The van der Waals surface area contributed by atoms with Gasteiger partial charge >= 0.3 is 5.97 Å². The Morgan fingerprint density at radius 3 is 2.54 bits per heavy atom. The summed E-state index contributed by atoms with van der Waals surface area (Å²) >= 11 is 0. The summed E-state index contributed by atoms with van der Waals surface area (Å²) < 4.78 is 14.0. The lowest BCUT2D eigenvalue weighted by molar-refractivity contribution is -0.139. The SMILES string of the molecule is CC1(C)CC(=O)c2cc(C(=O)NC(C(=O)O)c3ccccc3F)c(=O)[nH]c2C1. The van der Waals surface area contributed by atoms with E-state index in [1.165, 1.54) is 24.3 Å². The van der Waals surface area contributed by atoms with Gasteiger partial charge in [-0.3, -0.25) is 14.4 Å². The number of rotatable bonds is 4. The Balaban J connectivity index is 1.96. The van der Waals surface area contributed by atoms with Gasteiger partial charge < -0.3 is 15.4 Å². The number of Topliss-reactive ketones (excluding diaryl/α,β-unsaturated/α-hetero) is 1. The molecule has 1 aliphatic rings. The van der Waals surface area contributed by atoms with Crippen molar-refractivity contribution in [2.24, 2.45) is 5.41 Å². The number of ketones is 1. The standard InChI is InChI=1S/C20H19FN2O5/c1-20(2)8-14-11(15(24)9-20)7-12(17(25)22-14)18(26)23-16(19(27)28)10-5-3-4-6-13(10)21/h3-7,16H,8-9H2,1-2H3,(H,22,25)(H,23,26)(H,27,28). The van der Waals surface area contributed by atoms with Crippen molar-refractivity contribution in [1.82, 2.24) is 10.3 Å². The largest absolute Gasteiger partial charge is 0.479 e. The highest BCUT2D eigenvalue weighted by Crippen LogP contribution is 2.33. The Morgan fingerprint density at radius 2 is 1.89 bits per heavy atom. The second kappa shape index (κ2) is 7.03. The smallest absolute Gasteiger partial charge is 0.331 e. The lowest BCUT2D eigenvalue weighted by Crippen LogP contribution is -2.38. The van der Waals surface area contributed by atoms with Crippen LogP contribution >= 0.6 is 0 Å². The van der Waals surface area contributed by atoms with Crippen LogP contribution in [0, 0.1) is 11.2 Å². The van der Waals surface area contributed by atoms with Gasteiger partial charge in [-0.05, 0) is 24.0 Å². The van der Waals surface area contributed by atoms with Crippen LogP contribution in [0.4, 0.5) is 4.39 Å². The van der Waals surface area contributed by atoms with Crippen LogP contribution in [0.5, 0.6) is 0 Å². The molecule has 3 N–H and O–H groups in total. The van der Waals surface area contributed by atoms with Crippen molar-refractivity contribution in [3.05, 3.63) is 68.9 Å². The van der Waals surface area contributed by atoms with Crippen LogP contribution in [0.15, 0.2) is 35.1 Å². The number of aromatic nitrogens is 1. The molecule has 1 amide bonds. The van der Waals surface area contributed by atoms with E-state index in [0.29, 0.717) is 12.1 Å². The number of amides is 1. The number of halogens is 1. The molecule has 3 rings (SSSR count). The molecule has 0 radical (unpaired) electrons. The number of carboxylic acids is 1. The van der Waals surface area contributed by atoms with E-state index >= 15 is 0 Å². The molecule has 1 unspecified atom stereocenters. The highest BCUT2D eigenvalue weighted by atomic mass is 19.1. The maximum Gasteiger partial charge on any atom is 0.331 e. The number of carbonyl (C=O) groups excluding carboxylic acids is 2. The molecule has 8 heteroatoms. The molecule has 146 valence electrons. The lowest BCUT2D eigenvalue weighted by Gasteiger charge is -2.29. The van der Waals surface area contributed by atoms with Crippen LogP contribution in [0.1, 0.15) is 58.3 Å². The number of aliphatic carboxylic acids is 1. The fourth-order valence-electron chi connectivity index (χ4n) is 3.39. The first-order chi connectivity index (χ1) is 13.1. The Bertz CT molecular complexity index is 1040. The van der Waals surface area contributed by atoms with Crippen molar-refractivity contribution in [2.75, 3.05) is 0 Å². The number of fused-ring (bicyclic) bond motifs is 1. The van der Waals surface area contributed by atoms with Crippen LogP contribution in [0.25, 0.3) is 0 Å². The van der Waals surface area contributed by atoms with E-state index in [1.807, 2.05) is 13.8 Å². The molecule has 1 atom stereocenters. The minimum Gasteiger partial charge on any atom is -0.479 e. The van der Waals surface area contributed by atoms with Crippen molar-refractivity contribution in [3.63, 3.8) is 0 Å². The van der Waals surface area contributed by atoms with Crippen molar-refractivity contribution >= 4 is 17.7 Å². The van der Waals surface area contributed by atoms with E-state index in [4.69, 9.17) is 0 Å². The third-order valence-electron chi connectivity index (χ3n) is 4.70. The van der Waals surface area contributed by atoms with Gasteiger partial charge in [0.2, 0.25) is 0 Å². The molecule has 1 heterocycles. The number of benzene rings is 1. The van der Waals surface area contributed by atoms with E-state index in [-0.39, 0.29) is 28.7 Å². The normalized spacial score (nSPS) is 16.2. The zero-order valence-electron chi connectivity index (χ0n) is 15.3. The second-order valence-electron chi connectivity index (χ2n) is 7.61. The Morgan fingerprint density at radius 1 is 1.21 bits per heavy atom. The topological polar surface area (TPSA) is 116 Å². The third-order valence-corrected chi connectivity index (χ3v) is 4.70. The summed E-state index contributed by atoms with van der Waals surface area (Å²) in [6.45, 7) is 3.80. The summed E-state index contributed by atoms with van der Waals surface area (Å²) in [4.78, 5) is 51.4. The molecular formula is C20H19FN2O5. The van der Waals surface area contributed by atoms with E-state index < -0.39 is 34.9 Å². The molecule has 0 spiro atoms. The van der Waals surface area contributed by atoms with Crippen LogP contribution in [-0.2, 0) is 11.2 Å². The fraction of sp³-hybridized carbons (Fsp3) is 0.300. The first kappa shape index (κ1) is 19.5. The molecule has 1 aliphatic carbocycles. The van der Waals surface area contributed by atoms with Crippen LogP contribution < -0.4 is 10.9 Å². The summed E-state index contributed by atoms with van der Waals surface area (Å²) in [6, 6.07) is 4.63. The van der Waals surface area contributed by atoms with Crippen molar-refractivity contribution in [2.45, 2.75) is 32.7 Å². The molecule has 0 saturated carbocycles. The van der Waals surface area contributed by atoms with Gasteiger partial charge in [0.05, 0.1) is 0 Å². The van der Waals surface area contributed by atoms with Gasteiger partial charge in [0.15, 0.2) is 11.8 Å². The van der Waals surface area contributed by atoms with Crippen molar-refractivity contribution in [3.8, 4) is 0 Å². The number of carboxylic acid groups (broad SMARTS) is 1. The number of nitrogens with one attached hydrogen (secondary N) is 2. The molecule has 0 saturated heterocycles. The van der Waals surface area contributed by atoms with Crippen molar-refractivity contribution < 1.29 is 23.9 Å². The average molecular weight is 386 g/mol. The van der Waals surface area contributed by atoms with Gasteiger partial charge in [0.25, 0.3) is 11.5 Å². The van der Waals surface area contributed by atoms with Crippen LogP contribution in [-0.4, -0.2) is 27.8 Å². The fourth-order valence-corrected chi connectivity index (χ4v) is 3.39. The summed E-state index contributed by atoms with van der Waals surface area (Å²) in [6.07, 6.45) is 0.734. The summed E-state index contributed by atoms with van der Waals surface area (Å²) in [5.74, 6) is -3.49. The summed E-state index contributed by atoms with van der Waals surface area (Å²) in [5, 5.41) is 11.5. The Kier molecular flexibility index (Phi) is 4.89. The Hall–Kier alpha value is -3.29. The summed E-state index contributed by atoms with van der Waals surface area (Å²) in [5.41, 5.74) is -0.992. The van der Waals surface area contributed by atoms with Crippen LogP contribution in [0.3, 0.4) is 0 Å². The first-order valence-corrected chi connectivity index (χ1v) is 8.66. The Labute approximate surface area is 159 Å². The quantitative estimate of drug-likeness (QED) is 0.745. The molecule has 1 aromatic heterocycles. The van der Waals surface area contributed by atoms with Gasteiger partial charge in [0.1, 0.15) is 11.4 Å². The molecule has 7 nitrogen and oxygen atoms in total. The molecule has 1 aromatic carbocycles. The number of H-pyrrole nitrogens is 1. The predicted octanol–water partition coefficient (Wildman–Crippen LogP) is 2.22. The van der Waals surface area contributed by atoms with Gasteiger partial charge in [-0.25, -0.2) is 9.18 Å². The zero-order valence-corrected chi connectivity index (χ0v) is 15.3. The molecule has 2 aromatic rings. The molecule has 0 aliphatic heterocycles. The zero-order chi connectivity index (χ0) is 20.6. The maximum atomic E-state index is 14.0. The minimum absolute atomic E-state index is 0.208. The van der Waals surface area contributed by atoms with Gasteiger partial charge in [-0.2, -0.15) is 0 Å². The van der Waals surface area contributed by atoms with Gasteiger partial charge in [-0.15, -0.1) is 0 Å². The van der Waals surface area contributed by atoms with Gasteiger partial charge in [-0.1, -0.05) is 32.0 Å². The number of hydrogen-bond acceptors (Lipinski definition) is 4. The van der Waals surface area contributed by atoms with Gasteiger partial charge in [0, 0.05) is 23.2 Å². The monoisotopic (exact) mass is 386 g/mol. The van der Waals surface area contributed by atoms with E-state index in [1.54, 1.807) is 0 Å². The second-order valence-corrected chi connectivity index (χ2v) is 7.61. The molecule has 0 bridgehead atoms. The maximum absolute atomic E-state index is 14.0. The number of carbonyl (C=O) groups is 3. The van der Waals surface area contributed by atoms with E-state index in [0.717, 1.165) is 6.07 Å². The van der Waals surface area contributed by atoms with E-state index in [2.05, 4.69) is 10.3 Å². The number of hydrogen-bond donors (Lipinski definition) is 3. The molecular weight excluding hydrogens is 367 g/mol. The molecule has 28 heavy (non-hydrogen) atoms. The minimum atomic E-state index is -1.68. The lowest BCUT2D eigenvalue weighted by atomic mass is 9.75. The van der Waals surface area contributed by atoms with E-state index in [9.17, 15) is 28.7 Å².